The molecule has 0 bridgehead atoms. The molecule has 338 valence electrons. The predicted molar refractivity (Wildman–Crippen MR) is 220 cm³/mol. The van der Waals surface area contributed by atoms with Crippen LogP contribution < -0.4 is 32.7 Å². The van der Waals surface area contributed by atoms with Gasteiger partial charge in [0, 0.05) is 19.7 Å². The van der Waals surface area contributed by atoms with Crippen molar-refractivity contribution in [1.29, 1.82) is 0 Å². The smallest absolute Gasteiger partial charge is 0.326 e. The van der Waals surface area contributed by atoms with Gasteiger partial charge in [-0.25, -0.2) is 4.79 Å². The van der Waals surface area contributed by atoms with Crippen LogP contribution in [0.15, 0.2) is 4.99 Å². The number of guanidine groups is 1. The molecular formula is C37H71N7O13S. The van der Waals surface area contributed by atoms with E-state index >= 15 is 0 Å². The van der Waals surface area contributed by atoms with Gasteiger partial charge in [-0.05, 0) is 31.4 Å². The number of amides is 3. The van der Waals surface area contributed by atoms with E-state index in [-0.39, 0.29) is 25.5 Å². The maximum Gasteiger partial charge on any atom is 0.326 e. The van der Waals surface area contributed by atoms with Crippen LogP contribution in [0.25, 0.3) is 0 Å². The predicted octanol–water partition coefficient (Wildman–Crippen LogP) is -0.185. The molecule has 0 fully saturated rings. The van der Waals surface area contributed by atoms with Crippen LogP contribution in [0, 0.1) is 0 Å². The molecule has 0 aliphatic rings. The SMILES string of the molecule is NC(N)=NCCC[C@H](NC(=O)CNCCOCCOCCOCCOCCOCCOCCCCCCCCCCCS)C(=O)NCC(=O)N[C@@H](CC(=O)O)C(=O)O. The van der Waals surface area contributed by atoms with Gasteiger partial charge in [0.15, 0.2) is 5.96 Å². The fourth-order valence-electron chi connectivity index (χ4n) is 5.03. The Morgan fingerprint density at radius 2 is 1.02 bits per heavy atom. The summed E-state index contributed by atoms with van der Waals surface area (Å²) in [5, 5.41) is 27.7. The van der Waals surface area contributed by atoms with Crippen molar-refractivity contribution < 1.29 is 62.6 Å². The summed E-state index contributed by atoms with van der Waals surface area (Å²) < 4.78 is 33.1. The van der Waals surface area contributed by atoms with Gasteiger partial charge in [0.05, 0.1) is 92.2 Å². The number of thiol groups is 1. The summed E-state index contributed by atoms with van der Waals surface area (Å²) in [5.41, 5.74) is 10.6. The number of ether oxygens (including phenoxy) is 6. The Morgan fingerprint density at radius 1 is 0.569 bits per heavy atom. The van der Waals surface area contributed by atoms with Crippen molar-refractivity contribution in [3.63, 3.8) is 0 Å². The molecule has 0 aliphatic carbocycles. The van der Waals surface area contributed by atoms with E-state index in [4.69, 9.17) is 50.1 Å². The summed E-state index contributed by atoms with van der Waals surface area (Å²) in [6.07, 6.45) is 11.0. The van der Waals surface area contributed by atoms with Crippen LogP contribution >= 0.6 is 12.6 Å². The summed E-state index contributed by atoms with van der Waals surface area (Å²) in [4.78, 5) is 63.2. The highest BCUT2D eigenvalue weighted by molar-refractivity contribution is 7.80. The Hall–Kier alpha value is -3.31. The highest BCUT2D eigenvalue weighted by Gasteiger charge is 2.25. The minimum atomic E-state index is -1.67. The lowest BCUT2D eigenvalue weighted by atomic mass is 10.1. The minimum absolute atomic E-state index is 0.124. The standard InChI is InChI=1S/C37H71N7O13S/c38-37(39)41-12-10-11-30(35(49)42-29-33(46)44-31(36(50)51)27-34(47)48)43-32(45)28-40-13-15-53-17-19-55-21-23-57-25-24-56-22-20-54-18-16-52-14-8-6-4-2-1-3-5-7-9-26-58/h30-31,40,58H,1-29H2,(H,42,49)(H,43,45)(H,44,46)(H,47,48)(H,50,51)(H4,38,39,41)/t30-,31-/m0/s1. The Labute approximate surface area is 348 Å². The van der Waals surface area contributed by atoms with Crippen molar-refractivity contribution in [2.75, 3.05) is 111 Å². The molecule has 0 heterocycles. The number of carbonyl (C=O) groups is 5. The van der Waals surface area contributed by atoms with Gasteiger partial charge < -0.3 is 71.4 Å². The first-order valence-electron chi connectivity index (χ1n) is 20.2. The summed E-state index contributed by atoms with van der Waals surface area (Å²) >= 11 is 4.24. The van der Waals surface area contributed by atoms with E-state index in [2.05, 4.69) is 33.6 Å². The molecule has 21 heteroatoms. The first-order valence-corrected chi connectivity index (χ1v) is 20.8. The van der Waals surface area contributed by atoms with Crippen molar-refractivity contribution in [2.45, 2.75) is 89.1 Å². The Kier molecular flexibility index (Phi) is 38.2. The van der Waals surface area contributed by atoms with Crippen molar-refractivity contribution in [3.05, 3.63) is 0 Å². The van der Waals surface area contributed by atoms with Crippen molar-refractivity contribution in [3.8, 4) is 0 Å². The van der Waals surface area contributed by atoms with Gasteiger partial charge >= 0.3 is 11.9 Å². The molecular weight excluding hydrogens is 783 g/mol. The first kappa shape index (κ1) is 54.7. The zero-order valence-electron chi connectivity index (χ0n) is 34.1. The first-order chi connectivity index (χ1) is 28.1. The third kappa shape index (κ3) is 38.2. The molecule has 20 nitrogen and oxygen atoms in total. The lowest BCUT2D eigenvalue weighted by Gasteiger charge is -2.19. The van der Waals surface area contributed by atoms with Crippen LogP contribution in [0.1, 0.15) is 77.0 Å². The number of carboxylic acids is 2. The third-order valence-corrected chi connectivity index (χ3v) is 8.36. The molecule has 0 aromatic heterocycles. The van der Waals surface area contributed by atoms with Crippen molar-refractivity contribution in [1.82, 2.24) is 21.3 Å². The molecule has 0 saturated carbocycles. The third-order valence-electron chi connectivity index (χ3n) is 8.05. The van der Waals surface area contributed by atoms with Gasteiger partial charge in [-0.3, -0.25) is 24.2 Å². The van der Waals surface area contributed by atoms with Gasteiger partial charge in [-0.1, -0.05) is 44.9 Å². The van der Waals surface area contributed by atoms with Crippen LogP contribution in [-0.2, 0) is 52.4 Å². The molecule has 0 aromatic carbocycles. The number of nitrogens with two attached hydrogens (primary N) is 2. The second-order valence-electron chi connectivity index (χ2n) is 13.1. The molecule has 58 heavy (non-hydrogen) atoms. The number of hydrogen-bond donors (Lipinski definition) is 9. The highest BCUT2D eigenvalue weighted by Crippen LogP contribution is 2.10. The number of rotatable bonds is 43. The average molecular weight is 854 g/mol. The summed E-state index contributed by atoms with van der Waals surface area (Å²) in [6, 6.07) is -2.74. The minimum Gasteiger partial charge on any atom is -0.481 e. The zero-order valence-corrected chi connectivity index (χ0v) is 35.0. The van der Waals surface area contributed by atoms with Crippen molar-refractivity contribution >= 4 is 48.2 Å². The fourth-order valence-corrected chi connectivity index (χ4v) is 5.25. The summed E-state index contributed by atoms with van der Waals surface area (Å²) in [6.45, 7) is 5.44. The quantitative estimate of drug-likeness (QED) is 0.0166. The number of aliphatic carboxylic acids is 2. The largest absolute Gasteiger partial charge is 0.481 e. The normalized spacial score (nSPS) is 12.1. The average Bonchev–Trinajstić information content (AvgIpc) is 3.18. The van der Waals surface area contributed by atoms with E-state index in [0.29, 0.717) is 85.6 Å². The monoisotopic (exact) mass is 853 g/mol. The lowest BCUT2D eigenvalue weighted by Crippen LogP contribution is -2.52. The fraction of sp³-hybridized carbons (Fsp3) is 0.838. The molecule has 0 saturated heterocycles. The Bertz CT molecular complexity index is 1110. The lowest BCUT2D eigenvalue weighted by molar-refractivity contribution is -0.147. The maximum atomic E-state index is 12.7. The highest BCUT2D eigenvalue weighted by atomic mass is 32.1. The van der Waals surface area contributed by atoms with Gasteiger partial charge in [0.2, 0.25) is 17.7 Å². The molecule has 0 aromatic rings. The number of unbranched alkanes of at least 4 members (excludes halogenated alkanes) is 8. The van der Waals surface area contributed by atoms with E-state index in [1.807, 2.05) is 5.32 Å². The van der Waals surface area contributed by atoms with E-state index in [1.165, 1.54) is 51.4 Å². The molecule has 0 aliphatic heterocycles. The van der Waals surface area contributed by atoms with Crippen LogP contribution in [0.4, 0.5) is 0 Å². The Balaban J connectivity index is 3.82. The van der Waals surface area contributed by atoms with Crippen molar-refractivity contribution in [2.24, 2.45) is 16.5 Å². The number of aliphatic imine (C=N–C) groups is 1. The zero-order chi connectivity index (χ0) is 42.9. The second kappa shape index (κ2) is 40.5. The number of carbonyl (C=O) groups excluding carboxylic acids is 3. The van der Waals surface area contributed by atoms with E-state index in [9.17, 15) is 24.0 Å². The second-order valence-corrected chi connectivity index (χ2v) is 13.5. The van der Waals surface area contributed by atoms with Crippen LogP contribution in [-0.4, -0.2) is 169 Å². The number of hydrogen-bond acceptors (Lipinski definition) is 14. The van der Waals surface area contributed by atoms with E-state index < -0.39 is 54.7 Å². The van der Waals surface area contributed by atoms with E-state index in [1.54, 1.807) is 0 Å². The van der Waals surface area contributed by atoms with Crippen LogP contribution in [0.3, 0.4) is 0 Å². The van der Waals surface area contributed by atoms with Gasteiger partial charge in [0.1, 0.15) is 12.1 Å². The topological polar surface area (TPSA) is 294 Å². The number of nitrogens with one attached hydrogen (secondary N) is 4. The molecule has 2 atom stereocenters. The van der Waals surface area contributed by atoms with E-state index in [0.717, 1.165) is 18.8 Å². The van der Waals surface area contributed by atoms with Crippen LogP contribution in [0.2, 0.25) is 0 Å². The van der Waals surface area contributed by atoms with Gasteiger partial charge in [-0.15, -0.1) is 0 Å². The van der Waals surface area contributed by atoms with Crippen LogP contribution in [0.5, 0.6) is 0 Å². The number of nitrogens with zero attached hydrogens (tertiary/aromatic N) is 1. The molecule has 10 N–H and O–H groups in total. The molecule has 3 amide bonds. The molecule has 0 rings (SSSR count). The molecule has 0 spiro atoms. The molecule has 0 radical (unpaired) electrons. The van der Waals surface area contributed by atoms with Gasteiger partial charge in [0.25, 0.3) is 0 Å². The number of carboxylic acid groups (broad SMARTS) is 2. The van der Waals surface area contributed by atoms with Gasteiger partial charge in [-0.2, -0.15) is 12.6 Å². The summed E-state index contributed by atoms with van der Waals surface area (Å²) in [7, 11) is 0. The molecule has 0 unspecified atom stereocenters. The maximum absolute atomic E-state index is 12.7. The summed E-state index contributed by atoms with van der Waals surface area (Å²) in [5.74, 6) is -4.24. The Morgan fingerprint density at radius 3 is 1.50 bits per heavy atom.